The Labute approximate surface area is 118 Å². The summed E-state index contributed by atoms with van der Waals surface area (Å²) in [7, 11) is 0. The number of imide groups is 1. The zero-order valence-electron chi connectivity index (χ0n) is 11.0. The van der Waals surface area contributed by atoms with Gasteiger partial charge >= 0.3 is 11.7 Å². The molecule has 1 aromatic heterocycles. The molecule has 9 heteroatoms. The van der Waals surface area contributed by atoms with Crippen LogP contribution in [-0.2, 0) is 11.3 Å². The second-order valence-electron chi connectivity index (χ2n) is 4.44. The maximum absolute atomic E-state index is 12.1. The molecule has 9 nitrogen and oxygen atoms in total. The second kappa shape index (κ2) is 5.19. The van der Waals surface area contributed by atoms with E-state index in [0.29, 0.717) is 18.8 Å². The fraction of sp³-hybridized carbons (Fsp3) is 0.250. The summed E-state index contributed by atoms with van der Waals surface area (Å²) in [6.07, 6.45) is 0. The van der Waals surface area contributed by atoms with E-state index in [-0.39, 0.29) is 6.54 Å². The first kappa shape index (κ1) is 13.0. The summed E-state index contributed by atoms with van der Waals surface area (Å²) in [6.45, 7) is 0.383. The molecule has 0 saturated carbocycles. The van der Waals surface area contributed by atoms with Gasteiger partial charge in [-0.3, -0.25) is 9.69 Å². The molecule has 0 radical (unpaired) electrons. The first-order valence-electron chi connectivity index (χ1n) is 6.33. The van der Waals surface area contributed by atoms with Gasteiger partial charge in [0, 0.05) is 13.1 Å². The van der Waals surface area contributed by atoms with Crippen LogP contribution in [0.25, 0.3) is 5.69 Å². The highest BCUT2D eigenvalue weighted by molar-refractivity contribution is 5.95. The predicted molar refractivity (Wildman–Crippen MR) is 70.7 cm³/mol. The van der Waals surface area contributed by atoms with Crippen molar-refractivity contribution in [3.63, 3.8) is 0 Å². The minimum atomic E-state index is -0.533. The lowest BCUT2D eigenvalue weighted by Crippen LogP contribution is -2.39. The molecule has 21 heavy (non-hydrogen) atoms. The van der Waals surface area contributed by atoms with Crippen LogP contribution >= 0.6 is 0 Å². The van der Waals surface area contributed by atoms with Gasteiger partial charge in [0.25, 0.3) is 5.91 Å². The summed E-state index contributed by atoms with van der Waals surface area (Å²) in [5, 5.41) is 9.92. The molecule has 0 aliphatic carbocycles. The molecule has 3 rings (SSSR count). The summed E-state index contributed by atoms with van der Waals surface area (Å²) >= 11 is 0. The molecule has 0 spiro atoms. The van der Waals surface area contributed by atoms with Crippen molar-refractivity contribution in [2.75, 3.05) is 13.1 Å². The second-order valence-corrected chi connectivity index (χ2v) is 4.44. The summed E-state index contributed by atoms with van der Waals surface area (Å²) in [5.41, 5.74) is 0.0225. The van der Waals surface area contributed by atoms with Crippen molar-refractivity contribution >= 4 is 11.9 Å². The summed E-state index contributed by atoms with van der Waals surface area (Å²) in [4.78, 5) is 36.5. The van der Waals surface area contributed by atoms with Crippen molar-refractivity contribution in [3.8, 4) is 5.69 Å². The summed E-state index contributed by atoms with van der Waals surface area (Å²) in [6, 6.07) is 8.30. The number of hydrogen-bond donors (Lipinski definition) is 1. The molecular weight excluding hydrogens is 276 g/mol. The average Bonchev–Trinajstić information content (AvgIpc) is 3.07. The van der Waals surface area contributed by atoms with Gasteiger partial charge in [-0.15, -0.1) is 0 Å². The molecule has 3 amide bonds. The fourth-order valence-electron chi connectivity index (χ4n) is 2.03. The highest BCUT2D eigenvalue weighted by atomic mass is 16.2. The van der Waals surface area contributed by atoms with Crippen molar-refractivity contribution in [2.24, 2.45) is 0 Å². The number of para-hydroxylation sites is 1. The van der Waals surface area contributed by atoms with Gasteiger partial charge in [0.15, 0.2) is 0 Å². The first-order valence-corrected chi connectivity index (χ1v) is 6.33. The van der Waals surface area contributed by atoms with E-state index in [1.807, 2.05) is 6.07 Å². The van der Waals surface area contributed by atoms with E-state index >= 15 is 0 Å². The summed E-state index contributed by atoms with van der Waals surface area (Å²) in [5.74, 6) is -0.493. The largest absolute Gasteiger partial charge is 0.368 e. The SMILES string of the molecule is O=C(Cn1nnn(-c2ccccc2)c1=O)N1CCNC1=O. The van der Waals surface area contributed by atoms with Gasteiger partial charge in [-0.25, -0.2) is 9.59 Å². The zero-order chi connectivity index (χ0) is 14.8. The third kappa shape index (κ3) is 2.40. The van der Waals surface area contributed by atoms with E-state index in [9.17, 15) is 14.4 Å². The van der Waals surface area contributed by atoms with Crippen LogP contribution in [0, 0.1) is 0 Å². The average molecular weight is 288 g/mol. The van der Waals surface area contributed by atoms with Crippen LogP contribution in [0.15, 0.2) is 35.1 Å². The lowest BCUT2D eigenvalue weighted by atomic mass is 10.3. The standard InChI is InChI=1S/C12H12N6O3/c19-10(16-7-6-13-11(16)20)8-17-12(21)18(15-14-17)9-4-2-1-3-5-9/h1-5H,6-8H2,(H,13,20). The van der Waals surface area contributed by atoms with Crippen LogP contribution in [0.5, 0.6) is 0 Å². The number of rotatable bonds is 3. The van der Waals surface area contributed by atoms with Gasteiger partial charge < -0.3 is 5.32 Å². The van der Waals surface area contributed by atoms with Crippen molar-refractivity contribution in [2.45, 2.75) is 6.54 Å². The third-order valence-electron chi connectivity index (χ3n) is 3.08. The quantitative estimate of drug-likeness (QED) is 0.779. The molecule has 0 atom stereocenters. The molecule has 1 N–H and O–H groups in total. The number of tetrazole rings is 1. The van der Waals surface area contributed by atoms with Crippen molar-refractivity contribution < 1.29 is 9.59 Å². The van der Waals surface area contributed by atoms with Crippen LogP contribution in [0.3, 0.4) is 0 Å². The van der Waals surface area contributed by atoms with E-state index < -0.39 is 17.6 Å². The molecule has 1 saturated heterocycles. The normalized spacial score (nSPS) is 14.3. The molecule has 2 heterocycles. The predicted octanol–water partition coefficient (Wildman–Crippen LogP) is -1.02. The number of nitrogens with one attached hydrogen (secondary N) is 1. The molecule has 0 unspecified atom stereocenters. The smallest absolute Gasteiger partial charge is 0.336 e. The van der Waals surface area contributed by atoms with E-state index in [1.165, 1.54) is 0 Å². The van der Waals surface area contributed by atoms with E-state index in [1.54, 1.807) is 24.3 Å². The molecule has 1 fully saturated rings. The number of urea groups is 1. The number of carbonyl (C=O) groups is 2. The van der Waals surface area contributed by atoms with Gasteiger partial charge in [0.2, 0.25) is 0 Å². The molecule has 1 aliphatic heterocycles. The van der Waals surface area contributed by atoms with Crippen LogP contribution in [0.2, 0.25) is 0 Å². The Balaban J connectivity index is 1.82. The number of amides is 3. The summed E-state index contributed by atoms with van der Waals surface area (Å²) < 4.78 is 2.03. The van der Waals surface area contributed by atoms with E-state index in [4.69, 9.17) is 0 Å². The van der Waals surface area contributed by atoms with Gasteiger partial charge in [-0.2, -0.15) is 9.36 Å². The Morgan fingerprint density at radius 1 is 1.19 bits per heavy atom. The first-order chi connectivity index (χ1) is 10.2. The van der Waals surface area contributed by atoms with Crippen molar-refractivity contribution in [1.82, 2.24) is 30.0 Å². The Bertz CT molecular complexity index is 735. The van der Waals surface area contributed by atoms with Gasteiger partial charge in [-0.1, -0.05) is 18.2 Å². The number of hydrogen-bond acceptors (Lipinski definition) is 5. The molecule has 1 aliphatic rings. The van der Waals surface area contributed by atoms with Crippen LogP contribution in [-0.4, -0.2) is 49.7 Å². The topological polar surface area (TPSA) is 102 Å². The van der Waals surface area contributed by atoms with Crippen LogP contribution < -0.4 is 11.0 Å². The zero-order valence-corrected chi connectivity index (χ0v) is 11.0. The number of carbonyl (C=O) groups excluding carboxylic acids is 2. The Morgan fingerprint density at radius 2 is 1.95 bits per heavy atom. The van der Waals surface area contributed by atoms with Crippen molar-refractivity contribution in [1.29, 1.82) is 0 Å². The minimum absolute atomic E-state index is 0.291. The Hall–Kier alpha value is -2.97. The van der Waals surface area contributed by atoms with E-state index in [2.05, 4.69) is 15.7 Å². The van der Waals surface area contributed by atoms with Crippen molar-refractivity contribution in [3.05, 3.63) is 40.8 Å². The highest BCUT2D eigenvalue weighted by Gasteiger charge is 2.27. The van der Waals surface area contributed by atoms with Gasteiger partial charge in [-0.05, 0) is 22.6 Å². The van der Waals surface area contributed by atoms with Gasteiger partial charge in [0.05, 0.1) is 5.69 Å². The Kier molecular flexibility index (Phi) is 3.22. The van der Waals surface area contributed by atoms with Crippen LogP contribution in [0.4, 0.5) is 4.79 Å². The molecule has 0 bridgehead atoms. The third-order valence-corrected chi connectivity index (χ3v) is 3.08. The fourth-order valence-corrected chi connectivity index (χ4v) is 2.03. The van der Waals surface area contributed by atoms with Crippen LogP contribution in [0.1, 0.15) is 0 Å². The molecule has 1 aromatic carbocycles. The minimum Gasteiger partial charge on any atom is -0.336 e. The highest BCUT2D eigenvalue weighted by Crippen LogP contribution is 2.01. The number of aromatic nitrogens is 4. The Morgan fingerprint density at radius 3 is 2.62 bits per heavy atom. The monoisotopic (exact) mass is 288 g/mol. The van der Waals surface area contributed by atoms with E-state index in [0.717, 1.165) is 14.3 Å². The lowest BCUT2D eigenvalue weighted by molar-refractivity contribution is -0.128. The number of nitrogens with zero attached hydrogens (tertiary/aromatic N) is 5. The number of benzene rings is 1. The van der Waals surface area contributed by atoms with Gasteiger partial charge in [0.1, 0.15) is 6.54 Å². The lowest BCUT2D eigenvalue weighted by Gasteiger charge is -2.10. The maximum atomic E-state index is 12.1. The maximum Gasteiger partial charge on any atom is 0.368 e. The molecular formula is C12H12N6O3. The molecule has 108 valence electrons. The molecule has 2 aromatic rings.